The van der Waals surface area contributed by atoms with Crippen LogP contribution < -0.4 is 10.6 Å². The molecular weight excluding hydrogens is 228 g/mol. The van der Waals surface area contributed by atoms with Gasteiger partial charge < -0.3 is 0 Å². The highest BCUT2D eigenvalue weighted by Gasteiger charge is 2.48. The van der Waals surface area contributed by atoms with Gasteiger partial charge in [-0.1, -0.05) is 6.08 Å². The smallest absolute Gasteiger partial charge is 0.291 e. The number of carbonyl (C=O) groups is 4. The summed E-state index contributed by atoms with van der Waals surface area (Å²) < 4.78 is 0. The van der Waals surface area contributed by atoms with Crippen LogP contribution in [0.1, 0.15) is 0 Å². The number of hydrogen-bond donors (Lipinski definition) is 1. The highest BCUT2D eigenvalue weighted by molar-refractivity contribution is 6.11. The van der Waals surface area contributed by atoms with Crippen molar-refractivity contribution in [3.8, 4) is 0 Å². The second kappa shape index (κ2) is 3.89. The maximum absolute atomic E-state index is 11.6. The van der Waals surface area contributed by atoms with E-state index in [1.54, 1.807) is 0 Å². The molecule has 0 bridgehead atoms. The van der Waals surface area contributed by atoms with E-state index in [0.717, 1.165) is 4.90 Å². The lowest BCUT2D eigenvalue weighted by Crippen LogP contribution is -2.51. The minimum Gasteiger partial charge on any atom is -0.291 e. The van der Waals surface area contributed by atoms with Gasteiger partial charge in [-0.05, 0) is 0 Å². The van der Waals surface area contributed by atoms with Crippen LogP contribution in [0, 0.1) is 0 Å². The van der Waals surface area contributed by atoms with Gasteiger partial charge in [0.05, 0.1) is 0 Å². The largest absolute Gasteiger partial charge is 0.348 e. The van der Waals surface area contributed by atoms with E-state index >= 15 is 0 Å². The monoisotopic (exact) mass is 237 g/mol. The van der Waals surface area contributed by atoms with Gasteiger partial charge in [0.2, 0.25) is 0 Å². The Morgan fingerprint density at radius 2 is 2.12 bits per heavy atom. The molecule has 2 heterocycles. The molecule has 0 aromatic rings. The maximum Gasteiger partial charge on any atom is 0.348 e. The first-order valence-electron chi connectivity index (χ1n) is 4.82. The summed E-state index contributed by atoms with van der Waals surface area (Å²) in [5.41, 5.74) is 0. The lowest BCUT2D eigenvalue weighted by atomic mass is 10.3. The van der Waals surface area contributed by atoms with E-state index in [1.807, 2.05) is 5.32 Å². The van der Waals surface area contributed by atoms with Crippen molar-refractivity contribution in [1.82, 2.24) is 20.4 Å². The van der Waals surface area contributed by atoms with Gasteiger partial charge >= 0.3 is 12.1 Å². The van der Waals surface area contributed by atoms with Crippen LogP contribution in [0.4, 0.5) is 9.59 Å². The Kier molecular flexibility index (Phi) is 2.54. The van der Waals surface area contributed by atoms with E-state index in [0.29, 0.717) is 4.90 Å². The summed E-state index contributed by atoms with van der Waals surface area (Å²) >= 11 is 0. The number of nitrogens with one attached hydrogen (secondary N) is 1. The third-order valence-corrected chi connectivity index (χ3v) is 2.42. The van der Waals surface area contributed by atoms with Crippen LogP contribution in [0.5, 0.6) is 0 Å². The molecule has 1 atom stereocenters. The summed E-state index contributed by atoms with van der Waals surface area (Å²) in [4.78, 5) is 47.5. The maximum atomic E-state index is 11.6. The molecule has 8 heteroatoms. The van der Waals surface area contributed by atoms with E-state index in [4.69, 9.17) is 0 Å². The molecule has 1 radical (unpaired) electrons. The molecule has 0 spiro atoms. The number of nitrogens with zero attached hydrogens (tertiary/aromatic N) is 3. The number of carbonyl (C=O) groups excluding carboxylic acids is 4. The van der Waals surface area contributed by atoms with Gasteiger partial charge in [0.1, 0.15) is 6.54 Å². The quantitative estimate of drug-likeness (QED) is 0.482. The molecule has 0 saturated carbocycles. The molecule has 2 rings (SSSR count). The van der Waals surface area contributed by atoms with Crippen molar-refractivity contribution >= 4 is 23.9 Å². The Morgan fingerprint density at radius 1 is 1.41 bits per heavy atom. The number of amides is 6. The lowest BCUT2D eigenvalue weighted by Gasteiger charge is -2.25. The van der Waals surface area contributed by atoms with Gasteiger partial charge in [-0.25, -0.2) is 19.8 Å². The summed E-state index contributed by atoms with van der Waals surface area (Å²) in [6, 6.07) is -1.47. The highest BCUT2D eigenvalue weighted by Crippen LogP contribution is 2.16. The molecule has 2 aliphatic heterocycles. The molecule has 8 nitrogen and oxygen atoms in total. The fourth-order valence-corrected chi connectivity index (χ4v) is 1.71. The van der Waals surface area contributed by atoms with Gasteiger partial charge in [-0.2, -0.15) is 0 Å². The van der Waals surface area contributed by atoms with E-state index in [1.165, 1.54) is 6.08 Å². The molecule has 2 fully saturated rings. The van der Waals surface area contributed by atoms with E-state index in [2.05, 4.69) is 11.9 Å². The van der Waals surface area contributed by atoms with Crippen molar-refractivity contribution in [1.29, 1.82) is 0 Å². The van der Waals surface area contributed by atoms with E-state index in [9.17, 15) is 19.2 Å². The van der Waals surface area contributed by atoms with Gasteiger partial charge in [-0.3, -0.25) is 19.8 Å². The molecule has 0 aromatic carbocycles. The number of imide groups is 2. The standard InChI is InChI=1S/C9H9N4O4/c1-2-3-12-7(6(15)11-9(12)17)13-5(14)4-10-8(13)16/h2,7H,1,3-4H2,(H,11,15,17). The minimum atomic E-state index is -1.26. The van der Waals surface area contributed by atoms with Crippen LogP contribution >= 0.6 is 0 Å². The fraction of sp³-hybridized carbons (Fsp3) is 0.333. The summed E-state index contributed by atoms with van der Waals surface area (Å²) in [5.74, 6) is -1.31. The van der Waals surface area contributed by atoms with Crippen molar-refractivity contribution in [3.63, 3.8) is 0 Å². The fourth-order valence-electron chi connectivity index (χ4n) is 1.71. The van der Waals surface area contributed by atoms with Crippen LogP contribution in [-0.4, -0.2) is 52.9 Å². The first-order valence-corrected chi connectivity index (χ1v) is 4.82. The van der Waals surface area contributed by atoms with Crippen LogP contribution in [0.15, 0.2) is 12.7 Å². The average Bonchev–Trinajstić information content (AvgIpc) is 2.71. The Morgan fingerprint density at radius 3 is 2.65 bits per heavy atom. The molecule has 2 saturated heterocycles. The highest BCUT2D eigenvalue weighted by atomic mass is 16.2. The number of rotatable bonds is 3. The zero-order chi connectivity index (χ0) is 12.6. The topological polar surface area (TPSA) is 101 Å². The van der Waals surface area contributed by atoms with Crippen LogP contribution in [0.2, 0.25) is 0 Å². The molecular formula is C9H9N4O4. The Bertz CT molecular complexity index is 417. The summed E-state index contributed by atoms with van der Waals surface area (Å²) in [5, 5.41) is 5.42. The Balaban J connectivity index is 2.31. The van der Waals surface area contributed by atoms with Crippen molar-refractivity contribution in [2.24, 2.45) is 0 Å². The zero-order valence-electron chi connectivity index (χ0n) is 8.75. The predicted octanol–water partition coefficient (Wildman–Crippen LogP) is -1.38. The molecule has 2 aliphatic rings. The second-order valence-electron chi connectivity index (χ2n) is 3.47. The zero-order valence-corrected chi connectivity index (χ0v) is 8.75. The first-order chi connectivity index (χ1) is 8.06. The third kappa shape index (κ3) is 1.63. The Hall–Kier alpha value is -2.38. The van der Waals surface area contributed by atoms with E-state index in [-0.39, 0.29) is 13.1 Å². The van der Waals surface area contributed by atoms with Crippen molar-refractivity contribution in [2.45, 2.75) is 6.17 Å². The number of hydrogen-bond acceptors (Lipinski definition) is 4. The molecule has 0 aliphatic carbocycles. The summed E-state index contributed by atoms with van der Waals surface area (Å²) in [6.07, 6.45) is 0.139. The second-order valence-corrected chi connectivity index (χ2v) is 3.47. The normalized spacial score (nSPS) is 24.1. The van der Waals surface area contributed by atoms with Crippen molar-refractivity contribution < 1.29 is 19.2 Å². The van der Waals surface area contributed by atoms with Crippen molar-refractivity contribution in [3.05, 3.63) is 12.7 Å². The van der Waals surface area contributed by atoms with Gasteiger partial charge in [-0.15, -0.1) is 6.58 Å². The Labute approximate surface area is 96.2 Å². The number of urea groups is 2. The van der Waals surface area contributed by atoms with Gasteiger partial charge in [0.15, 0.2) is 6.17 Å². The molecule has 6 amide bonds. The molecule has 89 valence electrons. The average molecular weight is 237 g/mol. The SMILES string of the molecule is C=CCN1C(=O)NC(=O)C1N1C(=O)C[N]C1=O. The first kappa shape index (κ1) is 11.1. The van der Waals surface area contributed by atoms with Crippen LogP contribution in [0.25, 0.3) is 0 Å². The summed E-state index contributed by atoms with van der Waals surface area (Å²) in [7, 11) is 0. The van der Waals surface area contributed by atoms with Crippen LogP contribution in [-0.2, 0) is 9.59 Å². The minimum absolute atomic E-state index is 0.0549. The van der Waals surface area contributed by atoms with Gasteiger partial charge in [0, 0.05) is 6.54 Å². The molecule has 17 heavy (non-hydrogen) atoms. The van der Waals surface area contributed by atoms with Crippen LogP contribution in [0.3, 0.4) is 0 Å². The molecule has 0 aromatic heterocycles. The lowest BCUT2D eigenvalue weighted by molar-refractivity contribution is -0.135. The predicted molar refractivity (Wildman–Crippen MR) is 53.5 cm³/mol. The van der Waals surface area contributed by atoms with Crippen molar-refractivity contribution in [2.75, 3.05) is 13.1 Å². The molecule has 1 unspecified atom stereocenters. The van der Waals surface area contributed by atoms with E-state index < -0.39 is 30.0 Å². The van der Waals surface area contributed by atoms with Gasteiger partial charge in [0.25, 0.3) is 11.8 Å². The third-order valence-electron chi connectivity index (χ3n) is 2.42. The summed E-state index contributed by atoms with van der Waals surface area (Å²) in [6.45, 7) is 3.20. The molecule has 1 N–H and O–H groups in total.